The molecule has 0 aliphatic carbocycles. The fourth-order valence-electron chi connectivity index (χ4n) is 1.34. The lowest BCUT2D eigenvalue weighted by molar-refractivity contribution is 0.126. The number of aromatic nitrogens is 3. The van der Waals surface area contributed by atoms with E-state index in [0.29, 0.717) is 31.0 Å². The third kappa shape index (κ3) is 5.98. The van der Waals surface area contributed by atoms with Crippen LogP contribution < -0.4 is 15.5 Å². The predicted octanol–water partition coefficient (Wildman–Crippen LogP) is -0.0306. The molecule has 2 N–H and O–H groups in total. The van der Waals surface area contributed by atoms with E-state index in [9.17, 15) is 0 Å². The van der Waals surface area contributed by atoms with Crippen molar-refractivity contribution in [3.05, 3.63) is 0 Å². The number of likely N-dealkylation sites (N-methyl/N-ethyl adjacent to an activating group) is 1. The van der Waals surface area contributed by atoms with Crippen LogP contribution in [0.1, 0.15) is 0 Å². The van der Waals surface area contributed by atoms with Gasteiger partial charge in [-0.25, -0.2) is 0 Å². The van der Waals surface area contributed by atoms with Crippen LogP contribution in [0.4, 0.5) is 17.8 Å². The number of nitrogens with zero attached hydrogens (tertiary/aromatic N) is 5. The Balaban J connectivity index is 2.41. The third-order valence-corrected chi connectivity index (χ3v) is 2.46. The number of hydrogen-bond donors (Lipinski definition) is 2. The van der Waals surface area contributed by atoms with Crippen molar-refractivity contribution in [2.45, 2.75) is 0 Å². The minimum absolute atomic E-state index is 0.541. The van der Waals surface area contributed by atoms with Gasteiger partial charge in [-0.1, -0.05) is 0 Å². The summed E-state index contributed by atoms with van der Waals surface area (Å²) in [6.45, 7) is 2.91. The van der Waals surface area contributed by atoms with Crippen molar-refractivity contribution >= 4 is 17.8 Å². The van der Waals surface area contributed by atoms with Crippen LogP contribution in [-0.2, 0) is 4.74 Å². The average Bonchev–Trinajstić information content (AvgIpc) is 2.41. The summed E-state index contributed by atoms with van der Waals surface area (Å²) in [7, 11) is 9.61. The van der Waals surface area contributed by atoms with Crippen molar-refractivity contribution in [3.8, 4) is 0 Å². The second-order valence-corrected chi connectivity index (χ2v) is 4.77. The molecule has 0 aromatic carbocycles. The molecule has 0 saturated carbocycles. The Labute approximate surface area is 120 Å². The van der Waals surface area contributed by atoms with Gasteiger partial charge in [0.15, 0.2) is 0 Å². The van der Waals surface area contributed by atoms with Crippen LogP contribution in [0.2, 0.25) is 0 Å². The second kappa shape index (κ2) is 8.49. The Morgan fingerprint density at radius 2 is 1.70 bits per heavy atom. The van der Waals surface area contributed by atoms with Crippen molar-refractivity contribution in [3.63, 3.8) is 0 Å². The second-order valence-electron chi connectivity index (χ2n) is 4.77. The zero-order chi connectivity index (χ0) is 15.0. The highest BCUT2D eigenvalue weighted by Crippen LogP contribution is 2.10. The highest BCUT2D eigenvalue weighted by Gasteiger charge is 2.06. The van der Waals surface area contributed by atoms with E-state index in [1.165, 1.54) is 0 Å². The SMILES string of the molecule is CNc1nc(NCCOCCN(C)C)nc(N(C)C)n1. The summed E-state index contributed by atoms with van der Waals surface area (Å²) in [5, 5.41) is 6.06. The minimum Gasteiger partial charge on any atom is -0.378 e. The van der Waals surface area contributed by atoms with Gasteiger partial charge in [0.05, 0.1) is 13.2 Å². The maximum Gasteiger partial charge on any atom is 0.231 e. The highest BCUT2D eigenvalue weighted by atomic mass is 16.5. The quantitative estimate of drug-likeness (QED) is 0.612. The van der Waals surface area contributed by atoms with Gasteiger partial charge in [0.2, 0.25) is 17.8 Å². The molecule has 0 radical (unpaired) electrons. The molecule has 0 fully saturated rings. The van der Waals surface area contributed by atoms with Gasteiger partial charge in [0, 0.05) is 34.2 Å². The molecule has 0 aliphatic heterocycles. The van der Waals surface area contributed by atoms with Gasteiger partial charge in [0.25, 0.3) is 0 Å². The minimum atomic E-state index is 0.541. The molecule has 114 valence electrons. The van der Waals surface area contributed by atoms with Gasteiger partial charge in [-0.3, -0.25) is 0 Å². The molecule has 0 saturated heterocycles. The first-order valence-electron chi connectivity index (χ1n) is 6.60. The van der Waals surface area contributed by atoms with Gasteiger partial charge in [-0.05, 0) is 14.1 Å². The van der Waals surface area contributed by atoms with Gasteiger partial charge in [-0.15, -0.1) is 0 Å². The molecule has 0 atom stereocenters. The Kier molecular flexibility index (Phi) is 6.96. The Bertz CT molecular complexity index is 397. The zero-order valence-corrected chi connectivity index (χ0v) is 13.0. The molecule has 1 rings (SSSR count). The van der Waals surface area contributed by atoms with Gasteiger partial charge < -0.3 is 25.2 Å². The van der Waals surface area contributed by atoms with Crippen LogP contribution >= 0.6 is 0 Å². The Morgan fingerprint density at radius 1 is 1.00 bits per heavy atom. The summed E-state index contributed by atoms with van der Waals surface area (Å²) in [5.41, 5.74) is 0. The largest absolute Gasteiger partial charge is 0.378 e. The van der Waals surface area contributed by atoms with Crippen molar-refractivity contribution in [1.82, 2.24) is 19.9 Å². The molecule has 0 spiro atoms. The van der Waals surface area contributed by atoms with E-state index in [2.05, 4.69) is 30.5 Å². The fraction of sp³-hybridized carbons (Fsp3) is 0.750. The summed E-state index contributed by atoms with van der Waals surface area (Å²) in [6.07, 6.45) is 0. The topological polar surface area (TPSA) is 78.4 Å². The van der Waals surface area contributed by atoms with Crippen molar-refractivity contribution in [2.75, 3.05) is 77.1 Å². The molecule has 0 unspecified atom stereocenters. The zero-order valence-electron chi connectivity index (χ0n) is 13.0. The molecule has 1 aromatic rings. The van der Waals surface area contributed by atoms with Gasteiger partial charge in [-0.2, -0.15) is 15.0 Å². The molecule has 8 heteroatoms. The number of anilines is 3. The van der Waals surface area contributed by atoms with Crippen LogP contribution in [0.5, 0.6) is 0 Å². The highest BCUT2D eigenvalue weighted by molar-refractivity contribution is 5.42. The Hall–Kier alpha value is -1.67. The molecule has 8 nitrogen and oxygen atoms in total. The molecular weight excluding hydrogens is 258 g/mol. The number of ether oxygens (including phenoxy) is 1. The summed E-state index contributed by atoms with van der Waals surface area (Å²) < 4.78 is 5.50. The maximum absolute atomic E-state index is 5.50. The van der Waals surface area contributed by atoms with Crippen LogP contribution in [0.25, 0.3) is 0 Å². The third-order valence-electron chi connectivity index (χ3n) is 2.46. The van der Waals surface area contributed by atoms with Gasteiger partial charge >= 0.3 is 0 Å². The van der Waals surface area contributed by atoms with Crippen LogP contribution in [0.3, 0.4) is 0 Å². The van der Waals surface area contributed by atoms with E-state index in [0.717, 1.165) is 13.2 Å². The lowest BCUT2D eigenvalue weighted by atomic mass is 10.6. The average molecular weight is 283 g/mol. The molecule has 1 heterocycles. The first kappa shape index (κ1) is 16.4. The molecule has 20 heavy (non-hydrogen) atoms. The van der Waals surface area contributed by atoms with Crippen molar-refractivity contribution < 1.29 is 4.74 Å². The molecule has 0 aliphatic rings. The number of rotatable bonds is 9. The van der Waals surface area contributed by atoms with E-state index in [1.54, 1.807) is 7.05 Å². The number of nitrogens with one attached hydrogen (secondary N) is 2. The van der Waals surface area contributed by atoms with E-state index in [4.69, 9.17) is 4.74 Å². The van der Waals surface area contributed by atoms with E-state index in [-0.39, 0.29) is 0 Å². The van der Waals surface area contributed by atoms with Crippen molar-refractivity contribution in [2.24, 2.45) is 0 Å². The van der Waals surface area contributed by atoms with E-state index < -0.39 is 0 Å². The summed E-state index contributed by atoms with van der Waals surface area (Å²) >= 11 is 0. The van der Waals surface area contributed by atoms with Crippen molar-refractivity contribution in [1.29, 1.82) is 0 Å². The van der Waals surface area contributed by atoms with Crippen LogP contribution in [-0.4, -0.2) is 81.4 Å². The molecule has 1 aromatic heterocycles. The standard InChI is InChI=1S/C12H25N7O/c1-13-10-15-11(17-12(16-10)19(4)5)14-6-8-20-9-7-18(2)3/h6-9H2,1-5H3,(H2,13,14,15,16,17). The smallest absolute Gasteiger partial charge is 0.231 e. The summed E-state index contributed by atoms with van der Waals surface area (Å²) in [4.78, 5) is 16.7. The lowest BCUT2D eigenvalue weighted by Gasteiger charge is -2.13. The summed E-state index contributed by atoms with van der Waals surface area (Å²) in [5.74, 6) is 1.70. The van der Waals surface area contributed by atoms with Crippen LogP contribution in [0.15, 0.2) is 0 Å². The molecule has 0 amide bonds. The monoisotopic (exact) mass is 283 g/mol. The van der Waals surface area contributed by atoms with E-state index in [1.807, 2.05) is 33.1 Å². The fourth-order valence-corrected chi connectivity index (χ4v) is 1.34. The first-order valence-corrected chi connectivity index (χ1v) is 6.60. The van der Waals surface area contributed by atoms with E-state index >= 15 is 0 Å². The Morgan fingerprint density at radius 3 is 2.30 bits per heavy atom. The number of hydrogen-bond acceptors (Lipinski definition) is 8. The van der Waals surface area contributed by atoms with Gasteiger partial charge in [0.1, 0.15) is 0 Å². The summed E-state index contributed by atoms with van der Waals surface area (Å²) in [6, 6.07) is 0. The van der Waals surface area contributed by atoms with Crippen LogP contribution in [0, 0.1) is 0 Å². The lowest BCUT2D eigenvalue weighted by Crippen LogP contribution is -2.21. The first-order chi connectivity index (χ1) is 9.52. The maximum atomic E-state index is 5.50. The molecular formula is C12H25N7O. The normalized spacial score (nSPS) is 10.7. The molecule has 0 bridgehead atoms. The predicted molar refractivity (Wildman–Crippen MR) is 81.6 cm³/mol.